The standard InChI is InChI=1S/C18H18N4O2S/c1-3-15-21-16(22-24-15)12-4-6-13-11(8-12)5-7-14(13)20-17(23)18-19-9-10(2)25-18/h4,6,8-9,14H,3,5,7H2,1-2H3,(H,20,23). The normalized spacial score (nSPS) is 16.0. The van der Waals surface area contributed by atoms with Crippen LogP contribution < -0.4 is 5.32 Å². The monoisotopic (exact) mass is 354 g/mol. The molecule has 0 saturated heterocycles. The average molecular weight is 354 g/mol. The van der Waals surface area contributed by atoms with Crippen molar-refractivity contribution in [2.45, 2.75) is 39.2 Å². The van der Waals surface area contributed by atoms with E-state index in [1.165, 1.54) is 16.9 Å². The first-order valence-corrected chi connectivity index (χ1v) is 9.14. The third-order valence-corrected chi connectivity index (χ3v) is 5.28. The van der Waals surface area contributed by atoms with Gasteiger partial charge in [0.1, 0.15) is 0 Å². The molecule has 1 unspecified atom stereocenters. The Kier molecular flexibility index (Phi) is 4.09. The first-order chi connectivity index (χ1) is 12.1. The Morgan fingerprint density at radius 3 is 3.04 bits per heavy atom. The minimum Gasteiger partial charge on any atom is -0.343 e. The number of aryl methyl sites for hydroxylation is 3. The Balaban J connectivity index is 1.54. The molecule has 1 amide bonds. The highest BCUT2D eigenvalue weighted by atomic mass is 32.1. The van der Waals surface area contributed by atoms with Crippen LogP contribution in [-0.4, -0.2) is 21.0 Å². The third kappa shape index (κ3) is 3.07. The molecular weight excluding hydrogens is 336 g/mol. The van der Waals surface area contributed by atoms with Gasteiger partial charge in [0, 0.05) is 23.1 Å². The number of benzene rings is 1. The molecule has 3 aromatic rings. The molecule has 7 heteroatoms. The largest absolute Gasteiger partial charge is 0.343 e. The summed E-state index contributed by atoms with van der Waals surface area (Å²) in [5.41, 5.74) is 3.33. The van der Waals surface area contributed by atoms with Gasteiger partial charge in [0.15, 0.2) is 5.01 Å². The maximum Gasteiger partial charge on any atom is 0.280 e. The van der Waals surface area contributed by atoms with E-state index >= 15 is 0 Å². The number of rotatable bonds is 4. The van der Waals surface area contributed by atoms with Crippen LogP contribution >= 0.6 is 11.3 Å². The summed E-state index contributed by atoms with van der Waals surface area (Å²) in [6.45, 7) is 3.93. The third-order valence-electron chi connectivity index (χ3n) is 4.37. The lowest BCUT2D eigenvalue weighted by atomic mass is 10.0. The molecule has 0 bridgehead atoms. The molecule has 128 valence electrons. The van der Waals surface area contributed by atoms with Crippen LogP contribution in [0.4, 0.5) is 0 Å². The van der Waals surface area contributed by atoms with Gasteiger partial charge in [-0.25, -0.2) is 4.98 Å². The van der Waals surface area contributed by atoms with Crippen molar-refractivity contribution in [1.82, 2.24) is 20.4 Å². The van der Waals surface area contributed by atoms with Crippen LogP contribution in [0.15, 0.2) is 28.9 Å². The Labute approximate surface area is 149 Å². The highest BCUT2D eigenvalue weighted by molar-refractivity contribution is 7.13. The molecule has 6 nitrogen and oxygen atoms in total. The fraction of sp³-hybridized carbons (Fsp3) is 0.333. The van der Waals surface area contributed by atoms with Crippen LogP contribution in [0, 0.1) is 6.92 Å². The topological polar surface area (TPSA) is 80.9 Å². The number of carbonyl (C=O) groups excluding carboxylic acids is 1. The Hall–Kier alpha value is -2.54. The zero-order valence-corrected chi connectivity index (χ0v) is 14.9. The number of carbonyl (C=O) groups is 1. The molecule has 0 aliphatic heterocycles. The Morgan fingerprint density at radius 2 is 2.32 bits per heavy atom. The smallest absolute Gasteiger partial charge is 0.280 e. The SMILES string of the molecule is CCc1nc(-c2ccc3c(c2)CCC3NC(=O)c2ncc(C)s2)no1. The zero-order chi connectivity index (χ0) is 17.4. The molecule has 0 radical (unpaired) electrons. The van der Waals surface area contributed by atoms with Gasteiger partial charge in [0.05, 0.1) is 6.04 Å². The van der Waals surface area contributed by atoms with Crippen molar-refractivity contribution in [2.24, 2.45) is 0 Å². The molecule has 2 aromatic heterocycles. The van der Waals surface area contributed by atoms with Gasteiger partial charge >= 0.3 is 0 Å². The molecule has 1 atom stereocenters. The number of hydrogen-bond donors (Lipinski definition) is 1. The predicted octanol–water partition coefficient (Wildman–Crippen LogP) is 3.48. The number of hydrogen-bond acceptors (Lipinski definition) is 6. The van der Waals surface area contributed by atoms with E-state index < -0.39 is 0 Å². The Bertz CT molecular complexity index is 931. The average Bonchev–Trinajstić information content (AvgIpc) is 3.34. The summed E-state index contributed by atoms with van der Waals surface area (Å²) in [6.07, 6.45) is 4.26. The molecule has 0 saturated carbocycles. The molecule has 1 aromatic carbocycles. The van der Waals surface area contributed by atoms with E-state index in [1.807, 2.05) is 19.9 Å². The van der Waals surface area contributed by atoms with E-state index in [0.29, 0.717) is 16.7 Å². The maximum absolute atomic E-state index is 12.4. The van der Waals surface area contributed by atoms with Crippen molar-refractivity contribution in [1.29, 1.82) is 0 Å². The van der Waals surface area contributed by atoms with Gasteiger partial charge in [-0.2, -0.15) is 4.98 Å². The fourth-order valence-electron chi connectivity index (χ4n) is 3.10. The van der Waals surface area contributed by atoms with Crippen molar-refractivity contribution in [3.63, 3.8) is 0 Å². The predicted molar refractivity (Wildman–Crippen MR) is 94.5 cm³/mol. The molecule has 25 heavy (non-hydrogen) atoms. The van der Waals surface area contributed by atoms with E-state index in [4.69, 9.17) is 4.52 Å². The van der Waals surface area contributed by atoms with Gasteiger partial charge in [-0.3, -0.25) is 4.79 Å². The van der Waals surface area contributed by atoms with Gasteiger partial charge in [-0.05, 0) is 37.0 Å². The van der Waals surface area contributed by atoms with Crippen LogP contribution in [0.5, 0.6) is 0 Å². The van der Waals surface area contributed by atoms with Gasteiger partial charge in [0.25, 0.3) is 5.91 Å². The first kappa shape index (κ1) is 16.0. The second-order valence-corrected chi connectivity index (χ2v) is 7.35. The van der Waals surface area contributed by atoms with E-state index in [1.54, 1.807) is 6.20 Å². The summed E-state index contributed by atoms with van der Waals surface area (Å²) in [6, 6.07) is 6.16. The number of nitrogens with zero attached hydrogens (tertiary/aromatic N) is 3. The van der Waals surface area contributed by atoms with Crippen LogP contribution in [0.1, 0.15) is 51.1 Å². The summed E-state index contributed by atoms with van der Waals surface area (Å²) in [4.78, 5) is 21.9. The van der Waals surface area contributed by atoms with Crippen LogP contribution in [0.3, 0.4) is 0 Å². The van der Waals surface area contributed by atoms with Crippen molar-refractivity contribution < 1.29 is 9.32 Å². The lowest BCUT2D eigenvalue weighted by Gasteiger charge is -2.13. The molecule has 0 fully saturated rings. The summed E-state index contributed by atoms with van der Waals surface area (Å²) in [7, 11) is 0. The minimum absolute atomic E-state index is 0.0252. The van der Waals surface area contributed by atoms with Crippen LogP contribution in [-0.2, 0) is 12.8 Å². The zero-order valence-electron chi connectivity index (χ0n) is 14.1. The van der Waals surface area contributed by atoms with Crippen molar-refractivity contribution in [3.05, 3.63) is 51.3 Å². The molecule has 1 N–H and O–H groups in total. The maximum atomic E-state index is 12.4. The second-order valence-electron chi connectivity index (χ2n) is 6.12. The van der Waals surface area contributed by atoms with Gasteiger partial charge in [-0.1, -0.05) is 24.2 Å². The van der Waals surface area contributed by atoms with E-state index in [-0.39, 0.29) is 11.9 Å². The van der Waals surface area contributed by atoms with E-state index in [0.717, 1.165) is 35.3 Å². The highest BCUT2D eigenvalue weighted by Gasteiger charge is 2.26. The molecule has 1 aliphatic carbocycles. The molecule has 4 rings (SSSR count). The molecular formula is C18H18N4O2S. The summed E-state index contributed by atoms with van der Waals surface area (Å²) < 4.78 is 5.19. The summed E-state index contributed by atoms with van der Waals surface area (Å²) in [5, 5.41) is 7.64. The van der Waals surface area contributed by atoms with Crippen LogP contribution in [0.25, 0.3) is 11.4 Å². The van der Waals surface area contributed by atoms with Crippen molar-refractivity contribution in [2.75, 3.05) is 0 Å². The molecule has 2 heterocycles. The summed E-state index contributed by atoms with van der Waals surface area (Å²) in [5.74, 6) is 1.15. The quantitative estimate of drug-likeness (QED) is 0.776. The highest BCUT2D eigenvalue weighted by Crippen LogP contribution is 2.34. The van der Waals surface area contributed by atoms with Gasteiger partial charge in [0.2, 0.25) is 11.7 Å². The number of nitrogens with one attached hydrogen (secondary N) is 1. The molecule has 1 aliphatic rings. The van der Waals surface area contributed by atoms with E-state index in [2.05, 4.69) is 32.6 Å². The summed E-state index contributed by atoms with van der Waals surface area (Å²) >= 11 is 1.41. The fourth-order valence-corrected chi connectivity index (χ4v) is 3.77. The van der Waals surface area contributed by atoms with Crippen molar-refractivity contribution in [3.8, 4) is 11.4 Å². The number of amides is 1. The lowest BCUT2D eigenvalue weighted by molar-refractivity contribution is 0.0936. The van der Waals surface area contributed by atoms with Gasteiger partial charge < -0.3 is 9.84 Å². The first-order valence-electron chi connectivity index (χ1n) is 8.33. The Morgan fingerprint density at radius 1 is 1.44 bits per heavy atom. The number of aromatic nitrogens is 3. The van der Waals surface area contributed by atoms with Crippen molar-refractivity contribution >= 4 is 17.2 Å². The van der Waals surface area contributed by atoms with Gasteiger partial charge in [-0.15, -0.1) is 11.3 Å². The second kappa shape index (κ2) is 6.40. The number of fused-ring (bicyclic) bond motifs is 1. The van der Waals surface area contributed by atoms with E-state index in [9.17, 15) is 4.79 Å². The lowest BCUT2D eigenvalue weighted by Crippen LogP contribution is -2.26. The minimum atomic E-state index is -0.106. The van der Waals surface area contributed by atoms with Crippen LogP contribution in [0.2, 0.25) is 0 Å². The number of thiazole rings is 1. The molecule has 0 spiro atoms.